The van der Waals surface area contributed by atoms with Crippen LogP contribution in [0.5, 0.6) is 5.75 Å². The first kappa shape index (κ1) is 17.8. The maximum atomic E-state index is 12.2. The van der Waals surface area contributed by atoms with Gasteiger partial charge in [0.2, 0.25) is 5.91 Å². The van der Waals surface area contributed by atoms with E-state index in [4.69, 9.17) is 4.74 Å². The molecule has 1 aliphatic heterocycles. The average molecular weight is 313 g/mol. The molecule has 4 nitrogen and oxygen atoms in total. The zero-order chi connectivity index (χ0) is 14.5. The highest BCUT2D eigenvalue weighted by Crippen LogP contribution is 2.16. The maximum absolute atomic E-state index is 12.2. The van der Waals surface area contributed by atoms with Crippen molar-refractivity contribution < 1.29 is 9.53 Å². The summed E-state index contributed by atoms with van der Waals surface area (Å²) in [6, 6.07) is 6.40. The number of ether oxygens (including phenoxy) is 1. The second-order valence-electron chi connectivity index (χ2n) is 5.56. The van der Waals surface area contributed by atoms with Gasteiger partial charge in [-0.25, -0.2) is 0 Å². The SMILES string of the molecule is Cc1cc(C)cc(OCCC(=O)N2CCNC[C@H]2C)c1.Cl. The van der Waals surface area contributed by atoms with Gasteiger partial charge >= 0.3 is 0 Å². The normalized spacial score (nSPS) is 18.0. The van der Waals surface area contributed by atoms with Gasteiger partial charge in [-0.3, -0.25) is 4.79 Å². The van der Waals surface area contributed by atoms with E-state index in [2.05, 4.69) is 18.3 Å². The van der Waals surface area contributed by atoms with E-state index >= 15 is 0 Å². The summed E-state index contributed by atoms with van der Waals surface area (Å²) in [5, 5.41) is 3.29. The van der Waals surface area contributed by atoms with Gasteiger partial charge in [-0.1, -0.05) is 6.07 Å². The van der Waals surface area contributed by atoms with Crippen molar-refractivity contribution in [2.24, 2.45) is 0 Å². The molecule has 0 aromatic heterocycles. The molecule has 0 spiro atoms. The Balaban J connectivity index is 0.00000220. The van der Waals surface area contributed by atoms with E-state index in [0.29, 0.717) is 13.0 Å². The van der Waals surface area contributed by atoms with Crippen LogP contribution in [0.3, 0.4) is 0 Å². The summed E-state index contributed by atoms with van der Waals surface area (Å²) >= 11 is 0. The lowest BCUT2D eigenvalue weighted by Crippen LogP contribution is -2.52. The van der Waals surface area contributed by atoms with Crippen LogP contribution < -0.4 is 10.1 Å². The van der Waals surface area contributed by atoms with Crippen LogP contribution in [0.25, 0.3) is 0 Å². The van der Waals surface area contributed by atoms with Crippen LogP contribution in [0.2, 0.25) is 0 Å². The van der Waals surface area contributed by atoms with E-state index < -0.39 is 0 Å². The molecule has 1 amide bonds. The van der Waals surface area contributed by atoms with Crippen LogP contribution >= 0.6 is 12.4 Å². The molecule has 0 bridgehead atoms. The molecule has 0 radical (unpaired) electrons. The quantitative estimate of drug-likeness (QED) is 0.927. The number of halogens is 1. The molecule has 1 aliphatic rings. The third-order valence-electron chi connectivity index (χ3n) is 3.60. The third kappa shape index (κ3) is 5.21. The van der Waals surface area contributed by atoms with Gasteiger partial charge in [0.15, 0.2) is 0 Å². The predicted octanol–water partition coefficient (Wildman–Crippen LogP) is 2.31. The fourth-order valence-electron chi connectivity index (χ4n) is 2.63. The van der Waals surface area contributed by atoms with Gasteiger partial charge < -0.3 is 15.0 Å². The van der Waals surface area contributed by atoms with Crippen LogP contribution in [-0.2, 0) is 4.79 Å². The Labute approximate surface area is 133 Å². The number of amides is 1. The summed E-state index contributed by atoms with van der Waals surface area (Å²) in [6.45, 7) is 9.18. The van der Waals surface area contributed by atoms with Crippen molar-refractivity contribution in [1.29, 1.82) is 0 Å². The third-order valence-corrected chi connectivity index (χ3v) is 3.60. The van der Waals surface area contributed by atoms with Gasteiger partial charge in [0.1, 0.15) is 5.75 Å². The topological polar surface area (TPSA) is 41.6 Å². The summed E-state index contributed by atoms with van der Waals surface area (Å²) in [7, 11) is 0. The molecule has 0 saturated carbocycles. The van der Waals surface area contributed by atoms with E-state index in [9.17, 15) is 4.79 Å². The number of carbonyl (C=O) groups excluding carboxylic acids is 1. The zero-order valence-electron chi connectivity index (χ0n) is 13.0. The highest BCUT2D eigenvalue weighted by Gasteiger charge is 2.22. The first-order valence-corrected chi connectivity index (χ1v) is 7.27. The molecule has 1 aromatic rings. The van der Waals surface area contributed by atoms with Crippen LogP contribution in [-0.4, -0.2) is 43.1 Å². The molecule has 0 unspecified atom stereocenters. The van der Waals surface area contributed by atoms with Crippen LogP contribution in [0, 0.1) is 13.8 Å². The smallest absolute Gasteiger partial charge is 0.226 e. The Morgan fingerprint density at radius 2 is 2.00 bits per heavy atom. The number of nitrogens with one attached hydrogen (secondary N) is 1. The molecule has 1 heterocycles. The van der Waals surface area contributed by atoms with Gasteiger partial charge in [-0.15, -0.1) is 12.4 Å². The fraction of sp³-hybridized carbons (Fsp3) is 0.562. The molecule has 1 N–H and O–H groups in total. The van der Waals surface area contributed by atoms with Gasteiger partial charge in [0, 0.05) is 25.7 Å². The number of carbonyl (C=O) groups is 1. The zero-order valence-corrected chi connectivity index (χ0v) is 13.8. The lowest BCUT2D eigenvalue weighted by atomic mass is 10.1. The first-order chi connectivity index (χ1) is 9.56. The number of nitrogens with zero attached hydrogens (tertiary/aromatic N) is 1. The molecule has 1 fully saturated rings. The minimum Gasteiger partial charge on any atom is -0.493 e. The van der Waals surface area contributed by atoms with E-state index in [-0.39, 0.29) is 24.4 Å². The van der Waals surface area contributed by atoms with Crippen molar-refractivity contribution in [3.63, 3.8) is 0 Å². The summed E-state index contributed by atoms with van der Waals surface area (Å²) in [5.74, 6) is 1.03. The molecule has 5 heteroatoms. The van der Waals surface area contributed by atoms with E-state index in [1.165, 1.54) is 11.1 Å². The van der Waals surface area contributed by atoms with Crippen molar-refractivity contribution in [2.45, 2.75) is 33.2 Å². The highest BCUT2D eigenvalue weighted by molar-refractivity contribution is 5.85. The molecule has 1 atom stereocenters. The lowest BCUT2D eigenvalue weighted by molar-refractivity contribution is -0.134. The molecule has 1 saturated heterocycles. The second kappa shape index (κ2) is 8.25. The lowest BCUT2D eigenvalue weighted by Gasteiger charge is -2.34. The molecular weight excluding hydrogens is 288 g/mol. The molecular formula is C16H25ClN2O2. The summed E-state index contributed by atoms with van der Waals surface area (Å²) < 4.78 is 5.70. The van der Waals surface area contributed by atoms with Crippen molar-refractivity contribution in [3.8, 4) is 5.75 Å². The number of hydrogen-bond acceptors (Lipinski definition) is 3. The Bertz CT molecular complexity index is 459. The van der Waals surface area contributed by atoms with Crippen molar-refractivity contribution in [1.82, 2.24) is 10.2 Å². The van der Waals surface area contributed by atoms with Crippen LogP contribution in [0.4, 0.5) is 0 Å². The van der Waals surface area contributed by atoms with Gasteiger partial charge in [0.05, 0.1) is 13.0 Å². The summed E-state index contributed by atoms with van der Waals surface area (Å²) in [4.78, 5) is 14.1. The van der Waals surface area contributed by atoms with Crippen LogP contribution in [0.15, 0.2) is 18.2 Å². The Morgan fingerprint density at radius 3 is 2.62 bits per heavy atom. The predicted molar refractivity (Wildman–Crippen MR) is 87.3 cm³/mol. The number of aryl methyl sites for hydroxylation is 2. The second-order valence-corrected chi connectivity index (χ2v) is 5.56. The Kier molecular flexibility index (Phi) is 6.99. The van der Waals surface area contributed by atoms with Crippen molar-refractivity contribution in [2.75, 3.05) is 26.2 Å². The first-order valence-electron chi connectivity index (χ1n) is 7.27. The van der Waals surface area contributed by atoms with E-state index in [1.807, 2.05) is 30.9 Å². The minimum absolute atomic E-state index is 0. The van der Waals surface area contributed by atoms with Crippen molar-refractivity contribution in [3.05, 3.63) is 29.3 Å². The summed E-state index contributed by atoms with van der Waals surface area (Å²) in [5.41, 5.74) is 2.36. The molecule has 0 aliphatic carbocycles. The number of rotatable bonds is 4. The monoisotopic (exact) mass is 312 g/mol. The number of piperazine rings is 1. The highest BCUT2D eigenvalue weighted by atomic mass is 35.5. The molecule has 21 heavy (non-hydrogen) atoms. The average Bonchev–Trinajstić information content (AvgIpc) is 2.38. The van der Waals surface area contributed by atoms with Crippen LogP contribution in [0.1, 0.15) is 24.5 Å². The Morgan fingerprint density at radius 1 is 1.33 bits per heavy atom. The number of hydrogen-bond donors (Lipinski definition) is 1. The molecule has 1 aromatic carbocycles. The summed E-state index contributed by atoms with van der Waals surface area (Å²) in [6.07, 6.45) is 0.442. The Hall–Kier alpha value is -1.26. The number of benzene rings is 1. The van der Waals surface area contributed by atoms with E-state index in [0.717, 1.165) is 25.4 Å². The minimum atomic E-state index is 0. The van der Waals surface area contributed by atoms with E-state index in [1.54, 1.807) is 0 Å². The fourth-order valence-corrected chi connectivity index (χ4v) is 2.63. The van der Waals surface area contributed by atoms with Crippen molar-refractivity contribution >= 4 is 18.3 Å². The van der Waals surface area contributed by atoms with Gasteiger partial charge in [-0.05, 0) is 44.0 Å². The largest absolute Gasteiger partial charge is 0.493 e. The standard InChI is InChI=1S/C16H24N2O2.ClH/c1-12-8-13(2)10-15(9-12)20-7-4-16(19)18-6-5-17-11-14(18)3;/h8-10,14,17H,4-7,11H2,1-3H3;1H/t14-;/m1./s1. The maximum Gasteiger partial charge on any atom is 0.226 e. The molecule has 2 rings (SSSR count). The van der Waals surface area contributed by atoms with Gasteiger partial charge in [0.25, 0.3) is 0 Å². The molecule has 118 valence electrons. The van der Waals surface area contributed by atoms with Gasteiger partial charge in [-0.2, -0.15) is 0 Å².